The minimum atomic E-state index is 0.0746. The third-order valence-corrected chi connectivity index (χ3v) is 6.33. The zero-order valence-electron chi connectivity index (χ0n) is 16.7. The van der Waals surface area contributed by atoms with Gasteiger partial charge in [-0.3, -0.25) is 4.79 Å². The molecule has 152 valence electrons. The van der Waals surface area contributed by atoms with Crippen LogP contribution < -0.4 is 14.2 Å². The molecule has 29 heavy (non-hydrogen) atoms. The number of rotatable bonds is 5. The predicted molar refractivity (Wildman–Crippen MR) is 110 cm³/mol. The molecule has 0 N–H and O–H groups in total. The summed E-state index contributed by atoms with van der Waals surface area (Å²) in [4.78, 5) is 14.5. The average Bonchev–Trinajstić information content (AvgIpc) is 3.42. The van der Waals surface area contributed by atoms with E-state index in [4.69, 9.17) is 14.2 Å². The summed E-state index contributed by atoms with van der Waals surface area (Å²) in [6.45, 7) is 3.27. The number of hydrogen-bond acceptors (Lipinski definition) is 4. The van der Waals surface area contributed by atoms with E-state index in [9.17, 15) is 4.79 Å². The largest absolute Gasteiger partial charge is 0.493 e. The van der Waals surface area contributed by atoms with Gasteiger partial charge in [-0.1, -0.05) is 18.2 Å². The lowest BCUT2D eigenvalue weighted by Crippen LogP contribution is -2.41. The number of nitrogens with zero attached hydrogens (tertiary/aromatic N) is 1. The van der Waals surface area contributed by atoms with Gasteiger partial charge in [-0.05, 0) is 43.4 Å². The second-order valence-corrected chi connectivity index (χ2v) is 8.15. The number of amides is 1. The highest BCUT2D eigenvalue weighted by Gasteiger charge is 2.30. The summed E-state index contributed by atoms with van der Waals surface area (Å²) in [7, 11) is 0. The van der Waals surface area contributed by atoms with Crippen LogP contribution in [0.2, 0.25) is 0 Å². The van der Waals surface area contributed by atoms with Crippen LogP contribution in [0.3, 0.4) is 0 Å². The van der Waals surface area contributed by atoms with E-state index in [0.717, 1.165) is 75.7 Å². The van der Waals surface area contributed by atoms with Gasteiger partial charge in [0.2, 0.25) is 0 Å². The molecule has 3 aliphatic rings. The summed E-state index contributed by atoms with van der Waals surface area (Å²) in [5.74, 6) is 3.57. The lowest BCUT2D eigenvalue weighted by Gasteiger charge is -2.32. The highest BCUT2D eigenvalue weighted by Crippen LogP contribution is 2.42. The van der Waals surface area contributed by atoms with Crippen molar-refractivity contribution < 1.29 is 19.0 Å². The van der Waals surface area contributed by atoms with Crippen molar-refractivity contribution in [1.29, 1.82) is 0 Å². The van der Waals surface area contributed by atoms with Gasteiger partial charge in [0.15, 0.2) is 6.61 Å². The number of ether oxygens (including phenoxy) is 3. The van der Waals surface area contributed by atoms with Crippen molar-refractivity contribution >= 4 is 5.91 Å². The molecule has 0 unspecified atom stereocenters. The highest BCUT2D eigenvalue weighted by atomic mass is 16.5. The van der Waals surface area contributed by atoms with Gasteiger partial charge < -0.3 is 19.1 Å². The molecule has 1 amide bonds. The molecular weight excluding hydrogens is 366 g/mol. The van der Waals surface area contributed by atoms with E-state index in [-0.39, 0.29) is 12.5 Å². The van der Waals surface area contributed by atoms with Crippen LogP contribution in [0.4, 0.5) is 0 Å². The molecule has 5 rings (SSSR count). The Morgan fingerprint density at radius 2 is 1.86 bits per heavy atom. The first-order chi connectivity index (χ1) is 14.3. The molecular formula is C24H27NO4. The quantitative estimate of drug-likeness (QED) is 0.781. The Balaban J connectivity index is 1.19. The zero-order chi connectivity index (χ0) is 19.6. The van der Waals surface area contributed by atoms with Gasteiger partial charge in [0, 0.05) is 42.6 Å². The van der Waals surface area contributed by atoms with E-state index < -0.39 is 0 Å². The van der Waals surface area contributed by atoms with Crippen molar-refractivity contribution in [3.63, 3.8) is 0 Å². The Bertz CT molecular complexity index is 855. The van der Waals surface area contributed by atoms with Crippen LogP contribution >= 0.6 is 0 Å². The van der Waals surface area contributed by atoms with Gasteiger partial charge in [0.1, 0.15) is 17.2 Å². The predicted octanol–water partition coefficient (Wildman–Crippen LogP) is 3.42. The number of carbonyl (C=O) groups excluding carboxylic acids is 1. The number of benzene rings is 2. The number of fused-ring (bicyclic) bond motifs is 2. The fourth-order valence-electron chi connectivity index (χ4n) is 4.73. The number of carbonyl (C=O) groups is 1. The maximum absolute atomic E-state index is 12.5. The first-order valence-corrected chi connectivity index (χ1v) is 10.7. The fourth-order valence-corrected chi connectivity index (χ4v) is 4.73. The van der Waals surface area contributed by atoms with Crippen molar-refractivity contribution in [1.82, 2.24) is 4.90 Å². The molecule has 0 saturated carbocycles. The molecule has 3 heterocycles. The number of likely N-dealkylation sites (tertiary alicyclic amines) is 1. The minimum absolute atomic E-state index is 0.0746. The van der Waals surface area contributed by atoms with Gasteiger partial charge in [0.05, 0.1) is 13.2 Å². The van der Waals surface area contributed by atoms with Crippen LogP contribution in [-0.4, -0.2) is 43.7 Å². The van der Waals surface area contributed by atoms with E-state index in [1.807, 2.05) is 35.2 Å². The lowest BCUT2D eigenvalue weighted by atomic mass is 9.86. The average molecular weight is 393 g/mol. The van der Waals surface area contributed by atoms with Gasteiger partial charge in [-0.15, -0.1) is 0 Å². The standard InChI is InChI=1S/C24H27NO4/c26-23(16-29-19-4-2-1-3-5-19)25-10-6-17(7-11-25)14-21-20-9-13-27-22(20)15-18-8-12-28-24(18)21/h1-5,15,17H,6-14,16H2. The second kappa shape index (κ2) is 7.97. The van der Waals surface area contributed by atoms with Crippen LogP contribution in [0.25, 0.3) is 0 Å². The highest BCUT2D eigenvalue weighted by molar-refractivity contribution is 5.77. The first kappa shape index (κ1) is 18.3. The van der Waals surface area contributed by atoms with E-state index in [1.165, 1.54) is 16.7 Å². The van der Waals surface area contributed by atoms with Crippen molar-refractivity contribution in [2.75, 3.05) is 32.9 Å². The topological polar surface area (TPSA) is 48.0 Å². The van der Waals surface area contributed by atoms with Gasteiger partial charge in [-0.25, -0.2) is 0 Å². The minimum Gasteiger partial charge on any atom is -0.493 e. The molecule has 0 spiro atoms. The molecule has 0 radical (unpaired) electrons. The van der Waals surface area contributed by atoms with Crippen LogP contribution in [0.1, 0.15) is 29.5 Å². The Morgan fingerprint density at radius 1 is 1.07 bits per heavy atom. The Morgan fingerprint density at radius 3 is 2.69 bits per heavy atom. The molecule has 0 bridgehead atoms. The van der Waals surface area contributed by atoms with E-state index in [2.05, 4.69) is 6.07 Å². The summed E-state index contributed by atoms with van der Waals surface area (Å²) in [5.41, 5.74) is 4.01. The molecule has 2 aromatic carbocycles. The third-order valence-electron chi connectivity index (χ3n) is 6.33. The van der Waals surface area contributed by atoms with E-state index >= 15 is 0 Å². The second-order valence-electron chi connectivity index (χ2n) is 8.15. The van der Waals surface area contributed by atoms with Gasteiger partial charge in [-0.2, -0.15) is 0 Å². The van der Waals surface area contributed by atoms with Gasteiger partial charge >= 0.3 is 0 Å². The number of piperidine rings is 1. The van der Waals surface area contributed by atoms with Crippen LogP contribution in [-0.2, 0) is 24.1 Å². The lowest BCUT2D eigenvalue weighted by molar-refractivity contribution is -0.134. The Kier molecular flexibility index (Phi) is 5.04. The smallest absolute Gasteiger partial charge is 0.260 e. The molecule has 2 aromatic rings. The molecule has 5 heteroatoms. The summed E-state index contributed by atoms with van der Waals surface area (Å²) in [6, 6.07) is 11.7. The van der Waals surface area contributed by atoms with Crippen molar-refractivity contribution in [3.8, 4) is 17.2 Å². The maximum Gasteiger partial charge on any atom is 0.260 e. The fraction of sp³-hybridized carbons (Fsp3) is 0.458. The molecule has 0 aliphatic carbocycles. The molecule has 0 aromatic heterocycles. The normalized spacial score (nSPS) is 18.0. The van der Waals surface area contributed by atoms with Crippen molar-refractivity contribution in [2.24, 2.45) is 5.92 Å². The molecule has 1 saturated heterocycles. The molecule has 0 atom stereocenters. The SMILES string of the molecule is O=C(COc1ccccc1)N1CCC(Cc2c3c(cc4c2OCC4)OCC3)CC1. The van der Waals surface area contributed by atoms with Gasteiger partial charge in [0.25, 0.3) is 5.91 Å². The summed E-state index contributed by atoms with van der Waals surface area (Å²) in [6.07, 6.45) is 5.03. The van der Waals surface area contributed by atoms with Crippen LogP contribution in [0.15, 0.2) is 36.4 Å². The molecule has 3 aliphatic heterocycles. The van der Waals surface area contributed by atoms with Crippen LogP contribution in [0, 0.1) is 5.92 Å². The Labute approximate surface area is 171 Å². The van der Waals surface area contributed by atoms with Crippen LogP contribution in [0.5, 0.6) is 17.2 Å². The van der Waals surface area contributed by atoms with E-state index in [0.29, 0.717) is 5.92 Å². The monoisotopic (exact) mass is 393 g/mol. The number of hydrogen-bond donors (Lipinski definition) is 0. The Hall–Kier alpha value is -2.69. The number of para-hydroxylation sites is 1. The zero-order valence-corrected chi connectivity index (χ0v) is 16.7. The first-order valence-electron chi connectivity index (χ1n) is 10.7. The summed E-state index contributed by atoms with van der Waals surface area (Å²) >= 11 is 0. The summed E-state index contributed by atoms with van der Waals surface area (Å²) in [5, 5.41) is 0. The summed E-state index contributed by atoms with van der Waals surface area (Å²) < 4.78 is 17.5. The molecule has 5 nitrogen and oxygen atoms in total. The van der Waals surface area contributed by atoms with Crippen molar-refractivity contribution in [3.05, 3.63) is 53.1 Å². The molecule has 1 fully saturated rings. The van der Waals surface area contributed by atoms with Crippen molar-refractivity contribution in [2.45, 2.75) is 32.1 Å². The third kappa shape index (κ3) is 3.78. The van der Waals surface area contributed by atoms with E-state index in [1.54, 1.807) is 0 Å². The maximum atomic E-state index is 12.5.